The van der Waals surface area contributed by atoms with Crippen molar-refractivity contribution < 1.29 is 17.9 Å². The Bertz CT molecular complexity index is 596. The molecular formula is C15H23NO4S. The molecular weight excluding hydrogens is 290 g/mol. The van der Waals surface area contributed by atoms with Gasteiger partial charge in [0.05, 0.1) is 11.5 Å². The van der Waals surface area contributed by atoms with Crippen molar-refractivity contribution in [3.63, 3.8) is 0 Å². The van der Waals surface area contributed by atoms with Gasteiger partial charge in [-0.05, 0) is 50.5 Å². The maximum atomic E-state index is 12.6. The molecule has 1 rings (SSSR count). The Hall–Kier alpha value is -1.40. The minimum atomic E-state index is -3.68. The van der Waals surface area contributed by atoms with Gasteiger partial charge in [-0.25, -0.2) is 8.42 Å². The summed E-state index contributed by atoms with van der Waals surface area (Å²) in [7, 11) is -3.68. The normalized spacial score (nSPS) is 11.7. The molecule has 1 aromatic carbocycles. The summed E-state index contributed by atoms with van der Waals surface area (Å²) in [5.41, 5.74) is 1.94. The molecule has 5 nitrogen and oxygen atoms in total. The maximum Gasteiger partial charge on any atom is 0.321 e. The summed E-state index contributed by atoms with van der Waals surface area (Å²) >= 11 is 0. The Labute approximate surface area is 127 Å². The Kier molecular flexibility index (Phi) is 6.36. The van der Waals surface area contributed by atoms with E-state index < -0.39 is 16.0 Å². The number of hydrogen-bond acceptors (Lipinski definition) is 4. The predicted molar refractivity (Wildman–Crippen MR) is 81.6 cm³/mol. The Morgan fingerprint density at radius 3 is 2.38 bits per heavy atom. The van der Waals surface area contributed by atoms with Gasteiger partial charge in [-0.3, -0.25) is 4.79 Å². The van der Waals surface area contributed by atoms with E-state index in [4.69, 9.17) is 4.74 Å². The number of benzene rings is 1. The molecule has 0 saturated carbocycles. The highest BCUT2D eigenvalue weighted by atomic mass is 32.2. The van der Waals surface area contributed by atoms with Gasteiger partial charge in [-0.1, -0.05) is 13.0 Å². The van der Waals surface area contributed by atoms with Crippen molar-refractivity contribution in [3.05, 3.63) is 29.3 Å². The van der Waals surface area contributed by atoms with Gasteiger partial charge in [0.2, 0.25) is 10.0 Å². The molecule has 0 radical (unpaired) electrons. The second-order valence-electron chi connectivity index (χ2n) is 4.89. The molecule has 0 heterocycles. The van der Waals surface area contributed by atoms with E-state index in [0.717, 1.165) is 11.1 Å². The number of esters is 1. The summed E-state index contributed by atoms with van der Waals surface area (Å²) in [5.74, 6) is -0.529. The summed E-state index contributed by atoms with van der Waals surface area (Å²) in [5, 5.41) is 0. The Balaban J connectivity index is 3.09. The predicted octanol–water partition coefficient (Wildman–Crippen LogP) is 2.27. The van der Waals surface area contributed by atoms with Crippen LogP contribution in [-0.4, -0.2) is 38.4 Å². The zero-order chi connectivity index (χ0) is 16.0. The largest absolute Gasteiger partial charge is 0.465 e. The van der Waals surface area contributed by atoms with E-state index in [1.807, 2.05) is 20.8 Å². The van der Waals surface area contributed by atoms with Crippen LogP contribution in [0.5, 0.6) is 0 Å². The molecule has 0 aliphatic rings. The summed E-state index contributed by atoms with van der Waals surface area (Å²) < 4.78 is 31.3. The monoisotopic (exact) mass is 313 g/mol. The molecule has 0 saturated heterocycles. The molecule has 0 aliphatic carbocycles. The molecule has 0 aromatic heterocycles. The smallest absolute Gasteiger partial charge is 0.321 e. The first-order chi connectivity index (χ1) is 9.82. The molecule has 1 aromatic rings. The quantitative estimate of drug-likeness (QED) is 0.724. The van der Waals surface area contributed by atoms with Crippen LogP contribution in [0, 0.1) is 13.8 Å². The average molecular weight is 313 g/mol. The molecule has 0 fully saturated rings. The molecule has 118 valence electrons. The highest BCUT2D eigenvalue weighted by molar-refractivity contribution is 7.89. The van der Waals surface area contributed by atoms with Crippen LogP contribution < -0.4 is 0 Å². The fraction of sp³-hybridized carbons (Fsp3) is 0.533. The number of rotatable bonds is 7. The fourth-order valence-corrected chi connectivity index (χ4v) is 3.47. The van der Waals surface area contributed by atoms with Crippen LogP contribution in [0.25, 0.3) is 0 Å². The number of carbonyl (C=O) groups is 1. The number of sulfonamides is 1. The lowest BCUT2D eigenvalue weighted by Crippen LogP contribution is -2.37. The minimum absolute atomic E-state index is 0.211. The van der Waals surface area contributed by atoms with Crippen LogP contribution in [0.1, 0.15) is 31.4 Å². The van der Waals surface area contributed by atoms with Crippen LogP contribution in [0.15, 0.2) is 23.1 Å². The standard InChI is InChI=1S/C15H23NO4S/c1-5-9-16(11-15(17)20-6-2)21(18,19)14-8-7-12(3)13(4)10-14/h7-8,10H,5-6,9,11H2,1-4H3. The van der Waals surface area contributed by atoms with Gasteiger partial charge in [0.1, 0.15) is 6.54 Å². The van der Waals surface area contributed by atoms with Crippen molar-refractivity contribution in [1.82, 2.24) is 4.31 Å². The van der Waals surface area contributed by atoms with Crippen LogP contribution in [0.2, 0.25) is 0 Å². The second kappa shape index (κ2) is 7.56. The molecule has 6 heteroatoms. The zero-order valence-electron chi connectivity index (χ0n) is 13.0. The molecule has 0 spiro atoms. The third-order valence-corrected chi connectivity index (χ3v) is 5.04. The topological polar surface area (TPSA) is 63.7 Å². The van der Waals surface area contributed by atoms with Gasteiger partial charge in [0, 0.05) is 6.54 Å². The van der Waals surface area contributed by atoms with E-state index >= 15 is 0 Å². The van der Waals surface area contributed by atoms with E-state index in [0.29, 0.717) is 6.42 Å². The van der Waals surface area contributed by atoms with Crippen molar-refractivity contribution in [2.45, 2.75) is 39.0 Å². The van der Waals surface area contributed by atoms with Gasteiger partial charge in [0.25, 0.3) is 0 Å². The van der Waals surface area contributed by atoms with E-state index in [9.17, 15) is 13.2 Å². The minimum Gasteiger partial charge on any atom is -0.465 e. The maximum absolute atomic E-state index is 12.6. The summed E-state index contributed by atoms with van der Waals surface area (Å²) in [6, 6.07) is 4.99. The van der Waals surface area contributed by atoms with Gasteiger partial charge in [-0.2, -0.15) is 4.31 Å². The first-order valence-electron chi connectivity index (χ1n) is 7.06. The lowest BCUT2D eigenvalue weighted by Gasteiger charge is -2.21. The lowest BCUT2D eigenvalue weighted by molar-refractivity contribution is -0.143. The number of ether oxygens (including phenoxy) is 1. The highest BCUT2D eigenvalue weighted by Gasteiger charge is 2.26. The van der Waals surface area contributed by atoms with Crippen molar-refractivity contribution in [1.29, 1.82) is 0 Å². The molecule has 0 bridgehead atoms. The van der Waals surface area contributed by atoms with Crippen molar-refractivity contribution in [3.8, 4) is 0 Å². The zero-order valence-corrected chi connectivity index (χ0v) is 13.9. The molecule has 0 unspecified atom stereocenters. The van der Waals surface area contributed by atoms with Gasteiger partial charge in [-0.15, -0.1) is 0 Å². The highest BCUT2D eigenvalue weighted by Crippen LogP contribution is 2.19. The molecule has 0 atom stereocenters. The third-order valence-electron chi connectivity index (χ3n) is 3.20. The summed E-state index contributed by atoms with van der Waals surface area (Å²) in [6.07, 6.45) is 0.628. The molecule has 0 amide bonds. The second-order valence-corrected chi connectivity index (χ2v) is 6.83. The Morgan fingerprint density at radius 1 is 1.19 bits per heavy atom. The first kappa shape index (κ1) is 17.7. The van der Waals surface area contributed by atoms with Gasteiger partial charge in [0.15, 0.2) is 0 Å². The Morgan fingerprint density at radius 2 is 1.86 bits per heavy atom. The average Bonchev–Trinajstić information content (AvgIpc) is 2.41. The number of carbonyl (C=O) groups excluding carboxylic acids is 1. The van der Waals surface area contributed by atoms with Crippen molar-refractivity contribution >= 4 is 16.0 Å². The first-order valence-corrected chi connectivity index (χ1v) is 8.50. The molecule has 0 aliphatic heterocycles. The van der Waals surface area contributed by atoms with Crippen molar-refractivity contribution in [2.75, 3.05) is 19.7 Å². The van der Waals surface area contributed by atoms with Gasteiger partial charge >= 0.3 is 5.97 Å². The van der Waals surface area contributed by atoms with E-state index in [2.05, 4.69) is 0 Å². The van der Waals surface area contributed by atoms with Crippen LogP contribution in [-0.2, 0) is 19.6 Å². The fourth-order valence-electron chi connectivity index (χ4n) is 1.91. The van der Waals surface area contributed by atoms with E-state index in [1.54, 1.807) is 25.1 Å². The summed E-state index contributed by atoms with van der Waals surface area (Å²) in [4.78, 5) is 11.8. The SMILES string of the molecule is CCCN(CC(=O)OCC)S(=O)(=O)c1ccc(C)c(C)c1. The molecule has 21 heavy (non-hydrogen) atoms. The van der Waals surface area contributed by atoms with Crippen LogP contribution in [0.4, 0.5) is 0 Å². The van der Waals surface area contributed by atoms with Gasteiger partial charge < -0.3 is 4.74 Å². The van der Waals surface area contributed by atoms with Crippen molar-refractivity contribution in [2.24, 2.45) is 0 Å². The van der Waals surface area contributed by atoms with Crippen LogP contribution in [0.3, 0.4) is 0 Å². The van der Waals surface area contributed by atoms with E-state index in [1.165, 1.54) is 4.31 Å². The third kappa shape index (κ3) is 4.54. The van der Waals surface area contributed by atoms with Crippen LogP contribution >= 0.6 is 0 Å². The number of nitrogens with zero attached hydrogens (tertiary/aromatic N) is 1. The number of aryl methyl sites for hydroxylation is 2. The van der Waals surface area contributed by atoms with E-state index in [-0.39, 0.29) is 24.6 Å². The number of hydrogen-bond donors (Lipinski definition) is 0. The molecule has 0 N–H and O–H groups in total. The summed E-state index contributed by atoms with van der Waals surface area (Å²) in [6.45, 7) is 7.62. The lowest BCUT2D eigenvalue weighted by atomic mass is 10.1.